The van der Waals surface area contributed by atoms with Crippen LogP contribution in [0, 0.1) is 12.3 Å². The number of aryl methyl sites for hydroxylation is 1. The maximum atomic E-state index is 13.1. The zero-order valence-corrected chi connectivity index (χ0v) is 10.0. The number of thiophene rings is 1. The molecule has 0 radical (unpaired) electrons. The zero-order valence-electron chi connectivity index (χ0n) is 9.23. The largest absolute Gasteiger partial charge is 0.402 e. The Bertz CT molecular complexity index is 432. The van der Waals surface area contributed by atoms with Crippen LogP contribution in [0.15, 0.2) is 11.4 Å². The molecule has 1 fully saturated rings. The van der Waals surface area contributed by atoms with E-state index in [1.54, 1.807) is 12.3 Å². The van der Waals surface area contributed by atoms with E-state index in [1.807, 2.05) is 0 Å². The van der Waals surface area contributed by atoms with Crippen molar-refractivity contribution in [3.63, 3.8) is 0 Å². The van der Waals surface area contributed by atoms with Crippen molar-refractivity contribution in [1.82, 2.24) is 5.32 Å². The van der Waals surface area contributed by atoms with E-state index in [0.29, 0.717) is 4.88 Å². The van der Waals surface area contributed by atoms with E-state index in [2.05, 4.69) is 5.32 Å². The fourth-order valence-corrected chi connectivity index (χ4v) is 2.83. The smallest absolute Gasteiger partial charge is 0.315 e. The van der Waals surface area contributed by atoms with Crippen LogP contribution in [0.2, 0.25) is 0 Å². The predicted molar refractivity (Wildman–Crippen MR) is 59.4 cm³/mol. The lowest BCUT2D eigenvalue weighted by Gasteiger charge is -2.29. The average molecular weight is 263 g/mol. The van der Waals surface area contributed by atoms with E-state index >= 15 is 0 Å². The molecule has 0 amide bonds. The van der Waals surface area contributed by atoms with Gasteiger partial charge in [-0.05, 0) is 31.3 Å². The van der Waals surface area contributed by atoms with Crippen LogP contribution in [0.4, 0.5) is 13.2 Å². The van der Waals surface area contributed by atoms with Gasteiger partial charge in [0.05, 0.1) is 0 Å². The topological polar surface area (TPSA) is 29.1 Å². The van der Waals surface area contributed by atoms with Crippen molar-refractivity contribution in [2.24, 2.45) is 5.41 Å². The summed E-state index contributed by atoms with van der Waals surface area (Å²) in [6.45, 7) is 1.59. The minimum atomic E-state index is -4.50. The highest BCUT2D eigenvalue weighted by Crippen LogP contribution is 2.45. The van der Waals surface area contributed by atoms with Crippen molar-refractivity contribution in [3.05, 3.63) is 21.9 Å². The van der Waals surface area contributed by atoms with Crippen molar-refractivity contribution in [1.29, 1.82) is 0 Å². The summed E-state index contributed by atoms with van der Waals surface area (Å²) in [6, 6.07) is 1.48. The number of halogens is 3. The molecule has 1 atom stereocenters. The highest BCUT2D eigenvalue weighted by Gasteiger charge is 2.61. The standard InChI is InChI=1S/C11H12F3NOS/c1-7-8(2-5-17-7)9(16)10(11(12,13)14)3-4-15-6-10/h2,5,15H,3-4,6H2,1H3. The SMILES string of the molecule is Cc1sccc1C(=O)C1(C(F)(F)F)CCNC1. The number of hydrogen-bond donors (Lipinski definition) is 1. The van der Waals surface area contributed by atoms with Gasteiger partial charge in [-0.1, -0.05) is 0 Å². The number of nitrogens with one attached hydrogen (secondary N) is 1. The Morgan fingerprint density at radius 1 is 1.53 bits per heavy atom. The number of hydrogen-bond acceptors (Lipinski definition) is 3. The minimum absolute atomic E-state index is 0.176. The molecule has 1 N–H and O–H groups in total. The van der Waals surface area contributed by atoms with Gasteiger partial charge in [0.25, 0.3) is 0 Å². The Morgan fingerprint density at radius 2 is 2.24 bits per heavy atom. The van der Waals surface area contributed by atoms with E-state index in [4.69, 9.17) is 0 Å². The fraction of sp³-hybridized carbons (Fsp3) is 0.545. The Kier molecular flexibility index (Phi) is 3.03. The van der Waals surface area contributed by atoms with E-state index in [0.717, 1.165) is 0 Å². The van der Waals surface area contributed by atoms with Gasteiger partial charge in [-0.25, -0.2) is 0 Å². The van der Waals surface area contributed by atoms with Crippen LogP contribution in [-0.2, 0) is 0 Å². The number of alkyl halides is 3. The first-order valence-electron chi connectivity index (χ1n) is 5.25. The van der Waals surface area contributed by atoms with Gasteiger partial charge < -0.3 is 5.32 Å². The molecule has 0 bridgehead atoms. The Morgan fingerprint density at radius 3 is 2.65 bits per heavy atom. The van der Waals surface area contributed by atoms with Gasteiger partial charge in [-0.2, -0.15) is 13.2 Å². The van der Waals surface area contributed by atoms with Gasteiger partial charge in [0.15, 0.2) is 5.78 Å². The average Bonchev–Trinajstić information content (AvgIpc) is 2.83. The third-order valence-electron chi connectivity index (χ3n) is 3.24. The second-order valence-corrected chi connectivity index (χ2v) is 5.35. The van der Waals surface area contributed by atoms with Crippen LogP contribution in [0.25, 0.3) is 0 Å². The number of carbonyl (C=O) groups is 1. The lowest BCUT2D eigenvalue weighted by Crippen LogP contribution is -2.46. The normalized spacial score (nSPS) is 25.2. The molecule has 1 aromatic heterocycles. The van der Waals surface area contributed by atoms with Crippen molar-refractivity contribution in [2.45, 2.75) is 19.5 Å². The maximum absolute atomic E-state index is 13.1. The molecule has 1 unspecified atom stereocenters. The third-order valence-corrected chi connectivity index (χ3v) is 4.08. The van der Waals surface area contributed by atoms with Gasteiger partial charge in [-0.3, -0.25) is 4.79 Å². The molecule has 17 heavy (non-hydrogen) atoms. The van der Waals surface area contributed by atoms with Gasteiger partial charge in [0.2, 0.25) is 0 Å². The number of ketones is 1. The predicted octanol–water partition coefficient (Wildman–Crippen LogP) is 2.78. The lowest BCUT2D eigenvalue weighted by molar-refractivity contribution is -0.197. The van der Waals surface area contributed by atoms with Crippen LogP contribution < -0.4 is 5.32 Å². The second-order valence-electron chi connectivity index (χ2n) is 4.23. The molecule has 94 valence electrons. The molecular formula is C11H12F3NOS. The number of carbonyl (C=O) groups excluding carboxylic acids is 1. The Balaban J connectivity index is 2.42. The summed E-state index contributed by atoms with van der Waals surface area (Å²) < 4.78 is 39.4. The number of Topliss-reactive ketones (excluding diaryl/α,β-unsaturated/α-hetero) is 1. The molecule has 6 heteroatoms. The molecule has 0 aliphatic carbocycles. The van der Waals surface area contributed by atoms with Crippen molar-refractivity contribution < 1.29 is 18.0 Å². The summed E-state index contributed by atoms with van der Waals surface area (Å²) >= 11 is 1.29. The van der Waals surface area contributed by atoms with E-state index in [9.17, 15) is 18.0 Å². The van der Waals surface area contributed by atoms with Crippen LogP contribution in [0.3, 0.4) is 0 Å². The summed E-state index contributed by atoms with van der Waals surface area (Å²) in [5.41, 5.74) is -2.03. The van der Waals surface area contributed by atoms with Gasteiger partial charge in [-0.15, -0.1) is 11.3 Å². The van der Waals surface area contributed by atoms with Gasteiger partial charge in [0.1, 0.15) is 5.41 Å². The Hall–Kier alpha value is -0.880. The molecule has 1 aliphatic heterocycles. The molecule has 1 aromatic rings. The third kappa shape index (κ3) is 1.89. The quantitative estimate of drug-likeness (QED) is 0.831. The maximum Gasteiger partial charge on any atom is 0.402 e. The highest BCUT2D eigenvalue weighted by molar-refractivity contribution is 7.10. The molecular weight excluding hydrogens is 251 g/mol. The second kappa shape index (κ2) is 4.10. The first kappa shape index (κ1) is 12.6. The summed E-state index contributed by atoms with van der Waals surface area (Å²) in [5, 5.41) is 4.29. The lowest BCUT2D eigenvalue weighted by atomic mass is 9.79. The first-order valence-corrected chi connectivity index (χ1v) is 6.13. The van der Waals surface area contributed by atoms with E-state index in [1.165, 1.54) is 17.4 Å². The van der Waals surface area contributed by atoms with Crippen molar-refractivity contribution in [3.8, 4) is 0 Å². The molecule has 1 saturated heterocycles. The molecule has 0 aromatic carbocycles. The summed E-state index contributed by atoms with van der Waals surface area (Å²) in [4.78, 5) is 12.8. The van der Waals surface area contributed by atoms with Crippen LogP contribution in [0.1, 0.15) is 21.7 Å². The Labute approximate surface area is 101 Å². The summed E-state index contributed by atoms with van der Waals surface area (Å²) in [5.74, 6) is -0.797. The summed E-state index contributed by atoms with van der Waals surface area (Å²) in [7, 11) is 0. The van der Waals surface area contributed by atoms with Crippen LogP contribution in [0.5, 0.6) is 0 Å². The van der Waals surface area contributed by atoms with Gasteiger partial charge >= 0.3 is 6.18 Å². The minimum Gasteiger partial charge on any atom is -0.315 e. The molecule has 2 heterocycles. The molecule has 0 saturated carbocycles. The molecule has 1 aliphatic rings. The van der Waals surface area contributed by atoms with Crippen molar-refractivity contribution >= 4 is 17.1 Å². The first-order chi connectivity index (χ1) is 7.88. The monoisotopic (exact) mass is 263 g/mol. The highest BCUT2D eigenvalue weighted by atomic mass is 32.1. The molecule has 0 spiro atoms. The molecule has 2 nitrogen and oxygen atoms in total. The van der Waals surface area contributed by atoms with E-state index < -0.39 is 17.4 Å². The number of rotatable bonds is 2. The fourth-order valence-electron chi connectivity index (χ4n) is 2.13. The van der Waals surface area contributed by atoms with Crippen molar-refractivity contribution in [2.75, 3.05) is 13.1 Å². The van der Waals surface area contributed by atoms with Crippen LogP contribution in [-0.4, -0.2) is 25.0 Å². The molecule has 2 rings (SSSR count). The van der Waals surface area contributed by atoms with E-state index in [-0.39, 0.29) is 25.1 Å². The van der Waals surface area contributed by atoms with Crippen LogP contribution >= 0.6 is 11.3 Å². The zero-order chi connectivity index (χ0) is 12.7. The van der Waals surface area contributed by atoms with Gasteiger partial charge in [0, 0.05) is 17.0 Å². The summed E-state index contributed by atoms with van der Waals surface area (Å²) in [6.07, 6.45) is -4.67.